The molecule has 226 valence electrons. The zero-order chi connectivity index (χ0) is 32.5. The van der Waals surface area contributed by atoms with Gasteiger partial charge in [-0.1, -0.05) is 133 Å². The molecule has 2 nitrogen and oxygen atoms in total. The van der Waals surface area contributed by atoms with E-state index in [-0.39, 0.29) is 0 Å². The average Bonchev–Trinajstić information content (AvgIpc) is 3.50. The van der Waals surface area contributed by atoms with Crippen molar-refractivity contribution in [2.75, 3.05) is 0 Å². The first-order valence-electron chi connectivity index (χ1n) is 16.7. The Hall–Kier alpha value is -6.69. The van der Waals surface area contributed by atoms with Crippen LogP contribution in [0.25, 0.3) is 93.2 Å². The topological polar surface area (TPSA) is 28.7 Å². The van der Waals surface area contributed by atoms with Gasteiger partial charge in [-0.25, -0.2) is 0 Å². The first kappa shape index (κ1) is 27.4. The second kappa shape index (κ2) is 10.7. The number of para-hydroxylation sites is 1. The lowest BCUT2D eigenvalue weighted by Gasteiger charge is -2.16. The predicted molar refractivity (Wildman–Crippen MR) is 206 cm³/mol. The summed E-state index contributed by atoms with van der Waals surface area (Å²) in [4.78, 5) is 0. The quantitative estimate of drug-likeness (QED) is 0.180. The maximum Gasteiger partial charge on any atom is 0.0991 e. The fraction of sp³-hybridized carbons (Fsp3) is 0. The lowest BCUT2D eigenvalue weighted by atomic mass is 9.87. The number of hydrogen-bond acceptors (Lipinski definition) is 1. The molecule has 0 saturated heterocycles. The lowest BCUT2D eigenvalue weighted by Crippen LogP contribution is -1.93. The zero-order valence-electron chi connectivity index (χ0n) is 26.6. The van der Waals surface area contributed by atoms with Gasteiger partial charge in [-0.05, 0) is 102 Å². The van der Waals surface area contributed by atoms with Crippen molar-refractivity contribution in [3.63, 3.8) is 0 Å². The summed E-state index contributed by atoms with van der Waals surface area (Å²) in [7, 11) is 0. The first-order chi connectivity index (χ1) is 24.2. The molecule has 0 amide bonds. The number of benzene rings is 9. The Morgan fingerprint density at radius 2 is 0.939 bits per heavy atom. The van der Waals surface area contributed by atoms with Crippen LogP contribution in [-0.4, -0.2) is 4.57 Å². The molecule has 0 spiro atoms. The van der Waals surface area contributed by atoms with Crippen LogP contribution in [0.1, 0.15) is 5.56 Å². The summed E-state index contributed by atoms with van der Waals surface area (Å²) in [6.45, 7) is 0. The van der Waals surface area contributed by atoms with Crippen LogP contribution in [0.4, 0.5) is 0 Å². The molecule has 0 fully saturated rings. The van der Waals surface area contributed by atoms with E-state index in [2.05, 4.69) is 162 Å². The average molecular weight is 621 g/mol. The van der Waals surface area contributed by atoms with Crippen LogP contribution < -0.4 is 0 Å². The molecule has 0 radical (unpaired) electrons. The van der Waals surface area contributed by atoms with E-state index in [1.54, 1.807) is 0 Å². The van der Waals surface area contributed by atoms with Crippen molar-refractivity contribution < 1.29 is 0 Å². The molecular formula is C47H28N2. The predicted octanol–water partition coefficient (Wildman–Crippen LogP) is 12.6. The Morgan fingerprint density at radius 1 is 0.388 bits per heavy atom. The summed E-state index contributed by atoms with van der Waals surface area (Å²) < 4.78 is 2.30. The van der Waals surface area contributed by atoms with E-state index in [4.69, 9.17) is 0 Å². The highest BCUT2D eigenvalue weighted by molar-refractivity contribution is 6.27. The SMILES string of the molecule is N#Cc1ccc2c(c1)c1ccc(-c3ccc(-c4ccc5ccc6c(-c7ccccc7)ccc7ccc4c5c76)cc3)cc1n2-c1ccccc1. The second-order valence-corrected chi connectivity index (χ2v) is 12.8. The molecule has 0 N–H and O–H groups in total. The number of hydrogen-bond donors (Lipinski definition) is 0. The minimum Gasteiger partial charge on any atom is -0.309 e. The molecule has 9 aromatic carbocycles. The number of aromatic nitrogens is 1. The number of nitrogens with zero attached hydrogens (tertiary/aromatic N) is 2. The molecule has 0 unspecified atom stereocenters. The first-order valence-corrected chi connectivity index (χ1v) is 16.7. The van der Waals surface area contributed by atoms with Crippen molar-refractivity contribution in [3.8, 4) is 45.1 Å². The highest BCUT2D eigenvalue weighted by atomic mass is 15.0. The van der Waals surface area contributed by atoms with Gasteiger partial charge < -0.3 is 4.57 Å². The van der Waals surface area contributed by atoms with E-state index in [1.807, 2.05) is 18.2 Å². The summed E-state index contributed by atoms with van der Waals surface area (Å²) in [6.07, 6.45) is 0. The third-order valence-corrected chi connectivity index (χ3v) is 10.2. The van der Waals surface area contributed by atoms with E-state index in [0.29, 0.717) is 5.56 Å². The van der Waals surface area contributed by atoms with E-state index in [0.717, 1.165) is 33.1 Å². The van der Waals surface area contributed by atoms with Gasteiger partial charge in [-0.3, -0.25) is 0 Å². The Kier molecular flexibility index (Phi) is 5.97. The van der Waals surface area contributed by atoms with Crippen molar-refractivity contribution in [1.29, 1.82) is 5.26 Å². The minimum absolute atomic E-state index is 0.669. The summed E-state index contributed by atoms with van der Waals surface area (Å²) >= 11 is 0. The highest BCUT2D eigenvalue weighted by Crippen LogP contribution is 2.43. The smallest absolute Gasteiger partial charge is 0.0991 e. The summed E-state index contributed by atoms with van der Waals surface area (Å²) in [5.74, 6) is 0. The van der Waals surface area contributed by atoms with E-state index < -0.39 is 0 Å². The second-order valence-electron chi connectivity index (χ2n) is 12.8. The van der Waals surface area contributed by atoms with Crippen LogP contribution >= 0.6 is 0 Å². The van der Waals surface area contributed by atoms with Crippen LogP contribution in [-0.2, 0) is 0 Å². The van der Waals surface area contributed by atoms with Crippen LogP contribution in [0.15, 0.2) is 170 Å². The van der Waals surface area contributed by atoms with Crippen LogP contribution in [0, 0.1) is 11.3 Å². The molecular weight excluding hydrogens is 593 g/mol. The molecule has 1 heterocycles. The molecule has 0 bridgehead atoms. The molecule has 2 heteroatoms. The number of nitriles is 1. The number of rotatable bonds is 4. The normalized spacial score (nSPS) is 11.7. The lowest BCUT2D eigenvalue weighted by molar-refractivity contribution is 1.18. The minimum atomic E-state index is 0.669. The Balaban J connectivity index is 1.10. The van der Waals surface area contributed by atoms with Gasteiger partial charge in [-0.2, -0.15) is 5.26 Å². The molecule has 1 aromatic heterocycles. The van der Waals surface area contributed by atoms with Gasteiger partial charge in [0.05, 0.1) is 22.7 Å². The van der Waals surface area contributed by atoms with E-state index >= 15 is 0 Å². The standard InChI is InChI=1S/C47H28N2/c48-29-30-11-26-44-43(27-30)40-23-20-36(28-45(40)49(44)37-9-5-2-6-10-37)31-12-14-33(15-13-31)39-22-17-35-18-24-41-38(32-7-3-1-4-8-32)21-16-34-19-25-42(39)47(35)46(34)41/h1-28H. The zero-order valence-corrected chi connectivity index (χ0v) is 26.6. The molecule has 0 atom stereocenters. The molecule has 49 heavy (non-hydrogen) atoms. The van der Waals surface area contributed by atoms with Crippen molar-refractivity contribution in [1.82, 2.24) is 4.57 Å². The third-order valence-electron chi connectivity index (χ3n) is 10.2. The van der Waals surface area contributed by atoms with Gasteiger partial charge in [-0.15, -0.1) is 0 Å². The maximum absolute atomic E-state index is 9.62. The Labute approximate surface area is 283 Å². The van der Waals surface area contributed by atoms with Gasteiger partial charge in [0, 0.05) is 16.5 Å². The van der Waals surface area contributed by atoms with E-state index in [1.165, 1.54) is 60.1 Å². The fourth-order valence-electron chi connectivity index (χ4n) is 7.89. The highest BCUT2D eigenvalue weighted by Gasteiger charge is 2.16. The van der Waals surface area contributed by atoms with Crippen LogP contribution in [0.5, 0.6) is 0 Å². The van der Waals surface area contributed by atoms with Crippen molar-refractivity contribution in [3.05, 3.63) is 175 Å². The maximum atomic E-state index is 9.62. The molecule has 10 aromatic rings. The molecule has 0 saturated carbocycles. The fourth-order valence-corrected chi connectivity index (χ4v) is 7.89. The van der Waals surface area contributed by atoms with E-state index in [9.17, 15) is 5.26 Å². The summed E-state index contributed by atoms with van der Waals surface area (Å²) in [5.41, 5.74) is 11.3. The molecule has 10 rings (SSSR count). The summed E-state index contributed by atoms with van der Waals surface area (Å²) in [5, 5.41) is 19.6. The monoisotopic (exact) mass is 620 g/mol. The molecule has 0 aliphatic heterocycles. The number of fused-ring (bicyclic) bond motifs is 3. The van der Waals surface area contributed by atoms with Gasteiger partial charge in [0.25, 0.3) is 0 Å². The third kappa shape index (κ3) is 4.20. The van der Waals surface area contributed by atoms with Crippen LogP contribution in [0.2, 0.25) is 0 Å². The molecule has 0 aliphatic carbocycles. The van der Waals surface area contributed by atoms with Crippen molar-refractivity contribution >= 4 is 54.1 Å². The largest absolute Gasteiger partial charge is 0.309 e. The van der Waals surface area contributed by atoms with Gasteiger partial charge >= 0.3 is 0 Å². The Morgan fingerprint density at radius 3 is 1.59 bits per heavy atom. The molecule has 0 aliphatic rings. The van der Waals surface area contributed by atoms with Gasteiger partial charge in [0.15, 0.2) is 0 Å². The van der Waals surface area contributed by atoms with Crippen molar-refractivity contribution in [2.45, 2.75) is 0 Å². The Bertz CT molecular complexity index is 2910. The van der Waals surface area contributed by atoms with Gasteiger partial charge in [0.1, 0.15) is 0 Å². The van der Waals surface area contributed by atoms with Crippen molar-refractivity contribution in [2.24, 2.45) is 0 Å². The van der Waals surface area contributed by atoms with Crippen LogP contribution in [0.3, 0.4) is 0 Å². The summed E-state index contributed by atoms with van der Waals surface area (Å²) in [6, 6.07) is 63.3. The van der Waals surface area contributed by atoms with Gasteiger partial charge in [0.2, 0.25) is 0 Å².